The lowest BCUT2D eigenvalue weighted by molar-refractivity contribution is -0.120. The number of carbonyl (C=O) groups is 2. The lowest BCUT2D eigenvalue weighted by atomic mass is 10.0. The standard InChI is InChI=1S/C31H47N7O5/c1-6-25-30(40)37(4)26-21-33-31(35-28(26)38(25)23-10-8-9-11-23)34-24-13-12-22(20-27(24)41-5)29(39)32-14-16-42-18-19-43-17-15-36(3)7-2/h12-13,20-21,23,25H,6-11,14-19H2,1-5H3,(H,32,39)(H,33,34,35)/t25-/m1/s1. The van der Waals surface area contributed by atoms with Crippen LogP contribution in [-0.4, -0.2) is 106 Å². The summed E-state index contributed by atoms with van der Waals surface area (Å²) in [6, 6.07) is 5.23. The smallest absolute Gasteiger partial charge is 0.251 e. The number of hydrogen-bond donors (Lipinski definition) is 2. The SMILES string of the molecule is CC[C@@H]1C(=O)N(C)c2cnc(Nc3ccc(C(=O)NCCOCCOCCN(C)CC)cc3OC)nc2N1C1CCCC1. The Bertz CT molecular complexity index is 1220. The molecule has 1 aliphatic carbocycles. The Kier molecular flexibility index (Phi) is 11.9. The van der Waals surface area contributed by atoms with Gasteiger partial charge in [-0.1, -0.05) is 26.7 Å². The van der Waals surface area contributed by atoms with Crippen LogP contribution in [0.3, 0.4) is 0 Å². The molecule has 2 heterocycles. The molecule has 0 bridgehead atoms. The van der Waals surface area contributed by atoms with Crippen molar-refractivity contribution >= 4 is 35.0 Å². The molecule has 2 aromatic rings. The molecule has 43 heavy (non-hydrogen) atoms. The summed E-state index contributed by atoms with van der Waals surface area (Å²) < 4.78 is 16.7. The van der Waals surface area contributed by atoms with Crippen molar-refractivity contribution in [2.24, 2.45) is 0 Å². The number of benzene rings is 1. The van der Waals surface area contributed by atoms with Crippen LogP contribution in [-0.2, 0) is 14.3 Å². The van der Waals surface area contributed by atoms with Crippen LogP contribution in [0.5, 0.6) is 5.75 Å². The first-order valence-corrected chi connectivity index (χ1v) is 15.4. The molecule has 12 nitrogen and oxygen atoms in total. The number of anilines is 4. The molecular weight excluding hydrogens is 550 g/mol. The summed E-state index contributed by atoms with van der Waals surface area (Å²) in [5.74, 6) is 1.51. The van der Waals surface area contributed by atoms with E-state index in [4.69, 9.17) is 19.2 Å². The van der Waals surface area contributed by atoms with E-state index in [1.54, 1.807) is 43.5 Å². The molecule has 1 atom stereocenters. The Morgan fingerprint density at radius 1 is 1.12 bits per heavy atom. The number of hydrogen-bond acceptors (Lipinski definition) is 10. The number of nitrogens with one attached hydrogen (secondary N) is 2. The predicted octanol–water partition coefficient (Wildman–Crippen LogP) is 3.45. The maximum absolute atomic E-state index is 13.2. The van der Waals surface area contributed by atoms with Crippen molar-refractivity contribution in [1.82, 2.24) is 20.2 Å². The highest BCUT2D eigenvalue weighted by Crippen LogP contribution is 2.40. The molecule has 236 valence electrons. The summed E-state index contributed by atoms with van der Waals surface area (Å²) >= 11 is 0. The number of fused-ring (bicyclic) bond motifs is 1. The number of carbonyl (C=O) groups excluding carboxylic acids is 2. The number of aromatic nitrogens is 2. The van der Waals surface area contributed by atoms with Gasteiger partial charge in [0.15, 0.2) is 5.82 Å². The van der Waals surface area contributed by atoms with Crippen LogP contribution in [0, 0.1) is 0 Å². The summed E-state index contributed by atoms with van der Waals surface area (Å²) in [6.07, 6.45) is 6.82. The van der Waals surface area contributed by atoms with Crippen LogP contribution >= 0.6 is 0 Å². The van der Waals surface area contributed by atoms with E-state index < -0.39 is 0 Å². The van der Waals surface area contributed by atoms with Gasteiger partial charge in [0.2, 0.25) is 11.9 Å². The zero-order valence-corrected chi connectivity index (χ0v) is 26.2. The Labute approximate surface area is 255 Å². The quantitative estimate of drug-likeness (QED) is 0.278. The second kappa shape index (κ2) is 15.8. The zero-order chi connectivity index (χ0) is 30.8. The van der Waals surface area contributed by atoms with Crippen molar-refractivity contribution in [3.05, 3.63) is 30.0 Å². The van der Waals surface area contributed by atoms with E-state index in [1.807, 2.05) is 6.92 Å². The molecule has 2 aliphatic rings. The maximum Gasteiger partial charge on any atom is 0.251 e. The second-order valence-electron chi connectivity index (χ2n) is 11.0. The third-order valence-electron chi connectivity index (χ3n) is 8.18. The highest BCUT2D eigenvalue weighted by molar-refractivity contribution is 6.04. The molecule has 1 fully saturated rings. The molecule has 0 radical (unpaired) electrons. The summed E-state index contributed by atoms with van der Waals surface area (Å²) in [4.78, 5) is 41.4. The van der Waals surface area contributed by atoms with Crippen molar-refractivity contribution in [3.63, 3.8) is 0 Å². The first-order valence-electron chi connectivity index (χ1n) is 15.4. The van der Waals surface area contributed by atoms with Crippen LogP contribution in [0.25, 0.3) is 0 Å². The number of nitrogens with zero attached hydrogens (tertiary/aromatic N) is 5. The number of amides is 2. The van der Waals surface area contributed by atoms with Crippen LogP contribution in [0.1, 0.15) is 56.3 Å². The van der Waals surface area contributed by atoms with Gasteiger partial charge < -0.3 is 39.5 Å². The third kappa shape index (κ3) is 8.12. The minimum Gasteiger partial charge on any atom is -0.495 e. The summed E-state index contributed by atoms with van der Waals surface area (Å²) in [7, 11) is 5.40. The lowest BCUT2D eigenvalue weighted by Gasteiger charge is -2.43. The first kappa shape index (κ1) is 32.4. The van der Waals surface area contributed by atoms with Crippen molar-refractivity contribution < 1.29 is 23.8 Å². The molecule has 0 unspecified atom stereocenters. The molecule has 1 aromatic carbocycles. The number of ether oxygens (including phenoxy) is 3. The monoisotopic (exact) mass is 597 g/mol. The van der Waals surface area contributed by atoms with Gasteiger partial charge in [0, 0.05) is 31.7 Å². The average molecular weight is 598 g/mol. The van der Waals surface area contributed by atoms with E-state index in [-0.39, 0.29) is 23.9 Å². The summed E-state index contributed by atoms with van der Waals surface area (Å²) in [6.45, 7) is 8.50. The van der Waals surface area contributed by atoms with E-state index in [0.717, 1.165) is 44.6 Å². The van der Waals surface area contributed by atoms with Crippen molar-refractivity contribution in [2.45, 2.75) is 58.0 Å². The van der Waals surface area contributed by atoms with Gasteiger partial charge in [-0.3, -0.25) is 9.59 Å². The maximum atomic E-state index is 13.2. The van der Waals surface area contributed by atoms with Gasteiger partial charge in [0.25, 0.3) is 5.91 Å². The fourth-order valence-electron chi connectivity index (χ4n) is 5.54. The van der Waals surface area contributed by atoms with E-state index in [9.17, 15) is 9.59 Å². The van der Waals surface area contributed by atoms with Crippen LogP contribution in [0.2, 0.25) is 0 Å². The van der Waals surface area contributed by atoms with Crippen LogP contribution < -0.4 is 25.2 Å². The first-order chi connectivity index (χ1) is 20.9. The predicted molar refractivity (Wildman–Crippen MR) is 168 cm³/mol. The molecule has 0 spiro atoms. The Hall–Kier alpha value is -3.48. The summed E-state index contributed by atoms with van der Waals surface area (Å²) in [5, 5.41) is 6.13. The van der Waals surface area contributed by atoms with E-state index in [1.165, 1.54) is 0 Å². The van der Waals surface area contributed by atoms with Crippen LogP contribution in [0.15, 0.2) is 24.4 Å². The van der Waals surface area contributed by atoms with E-state index >= 15 is 0 Å². The second-order valence-corrected chi connectivity index (χ2v) is 11.0. The Morgan fingerprint density at radius 3 is 2.56 bits per heavy atom. The highest BCUT2D eigenvalue weighted by atomic mass is 16.5. The largest absolute Gasteiger partial charge is 0.495 e. The van der Waals surface area contributed by atoms with Gasteiger partial charge >= 0.3 is 0 Å². The Balaban J connectivity index is 1.35. The molecule has 1 aromatic heterocycles. The molecule has 4 rings (SSSR count). The fourth-order valence-corrected chi connectivity index (χ4v) is 5.54. The zero-order valence-electron chi connectivity index (χ0n) is 26.2. The van der Waals surface area contributed by atoms with Gasteiger partial charge in [-0.25, -0.2) is 4.98 Å². The Morgan fingerprint density at radius 2 is 1.86 bits per heavy atom. The van der Waals surface area contributed by atoms with E-state index in [2.05, 4.69) is 39.4 Å². The van der Waals surface area contributed by atoms with Gasteiger partial charge in [-0.2, -0.15) is 4.98 Å². The minimum absolute atomic E-state index is 0.0772. The van der Waals surface area contributed by atoms with Gasteiger partial charge in [-0.05, 0) is 51.1 Å². The molecule has 1 aliphatic heterocycles. The third-order valence-corrected chi connectivity index (χ3v) is 8.18. The van der Waals surface area contributed by atoms with Gasteiger partial charge in [0.1, 0.15) is 17.5 Å². The minimum atomic E-state index is -0.243. The molecular formula is C31H47N7O5. The molecule has 1 saturated carbocycles. The highest BCUT2D eigenvalue weighted by Gasteiger charge is 2.41. The molecule has 12 heteroatoms. The number of rotatable bonds is 16. The van der Waals surface area contributed by atoms with Gasteiger partial charge in [-0.15, -0.1) is 0 Å². The normalized spacial score (nSPS) is 17.0. The number of likely N-dealkylation sites (N-methyl/N-ethyl adjacent to an activating group) is 2. The van der Waals surface area contributed by atoms with Crippen molar-refractivity contribution in [2.75, 3.05) is 82.4 Å². The fraction of sp³-hybridized carbons (Fsp3) is 0.613. The molecule has 0 saturated heterocycles. The van der Waals surface area contributed by atoms with Gasteiger partial charge in [0.05, 0.1) is 45.4 Å². The van der Waals surface area contributed by atoms with Crippen molar-refractivity contribution in [3.8, 4) is 5.75 Å². The average Bonchev–Trinajstić information content (AvgIpc) is 3.56. The van der Waals surface area contributed by atoms with Crippen molar-refractivity contribution in [1.29, 1.82) is 0 Å². The molecule has 2 N–H and O–H groups in total. The number of methoxy groups -OCH3 is 1. The topological polar surface area (TPSA) is 121 Å². The van der Waals surface area contributed by atoms with E-state index in [0.29, 0.717) is 68.0 Å². The van der Waals surface area contributed by atoms with Crippen LogP contribution in [0.4, 0.5) is 23.1 Å². The molecule has 2 amide bonds. The lowest BCUT2D eigenvalue weighted by Crippen LogP contribution is -2.55. The summed E-state index contributed by atoms with van der Waals surface area (Å²) in [5.41, 5.74) is 1.81.